The summed E-state index contributed by atoms with van der Waals surface area (Å²) in [7, 11) is 0. The van der Waals surface area contributed by atoms with Gasteiger partial charge in [0.25, 0.3) is 0 Å². The second-order valence-corrected chi connectivity index (χ2v) is 21.1. The average Bonchev–Trinajstić information content (AvgIpc) is 3.36. The lowest BCUT2D eigenvalue weighted by Gasteiger charge is -2.40. The van der Waals surface area contributed by atoms with Crippen molar-refractivity contribution in [1.82, 2.24) is 5.32 Å². The number of ether oxygens (including phenoxy) is 2. The van der Waals surface area contributed by atoms with E-state index in [0.717, 1.165) is 51.4 Å². The average molecular weight is 991 g/mol. The third-order valence-electron chi connectivity index (χ3n) is 14.4. The summed E-state index contributed by atoms with van der Waals surface area (Å²) in [5.74, 6) is -0.187. The number of amides is 1. The smallest absolute Gasteiger partial charge is 0.220 e. The highest BCUT2D eigenvalue weighted by atomic mass is 16.7. The van der Waals surface area contributed by atoms with Crippen molar-refractivity contribution in [3.05, 3.63) is 36.5 Å². The minimum absolute atomic E-state index is 0.187. The molecule has 0 aromatic rings. The number of nitrogens with one attached hydrogen (secondary N) is 1. The molecular formula is C61H115NO8. The van der Waals surface area contributed by atoms with Crippen molar-refractivity contribution >= 4 is 5.91 Å². The third-order valence-corrected chi connectivity index (χ3v) is 14.4. The van der Waals surface area contributed by atoms with Crippen LogP contribution in [0.3, 0.4) is 0 Å². The van der Waals surface area contributed by atoms with Crippen LogP contribution in [0.5, 0.6) is 0 Å². The summed E-state index contributed by atoms with van der Waals surface area (Å²) >= 11 is 0. The van der Waals surface area contributed by atoms with Gasteiger partial charge in [-0.2, -0.15) is 0 Å². The first-order chi connectivity index (χ1) is 34.3. The predicted octanol–water partition coefficient (Wildman–Crippen LogP) is 15.1. The molecule has 70 heavy (non-hydrogen) atoms. The highest BCUT2D eigenvalue weighted by molar-refractivity contribution is 5.76. The molecule has 0 radical (unpaired) electrons. The first kappa shape index (κ1) is 66.4. The Hall–Kier alpha value is -1.59. The maximum atomic E-state index is 13.0. The molecule has 0 saturated carbocycles. The summed E-state index contributed by atoms with van der Waals surface area (Å²) in [6, 6.07) is -0.825. The van der Waals surface area contributed by atoms with E-state index in [2.05, 4.69) is 43.5 Å². The Morgan fingerprint density at radius 1 is 0.471 bits per heavy atom. The van der Waals surface area contributed by atoms with E-state index in [1.54, 1.807) is 6.08 Å². The molecule has 1 heterocycles. The molecule has 0 spiro atoms. The first-order valence-corrected chi connectivity index (χ1v) is 30.2. The van der Waals surface area contributed by atoms with Gasteiger partial charge in [-0.05, 0) is 44.9 Å². The molecular weight excluding hydrogens is 875 g/mol. The van der Waals surface area contributed by atoms with Crippen molar-refractivity contribution in [2.24, 2.45) is 0 Å². The van der Waals surface area contributed by atoms with E-state index < -0.39 is 49.5 Å². The van der Waals surface area contributed by atoms with E-state index in [4.69, 9.17) is 9.47 Å². The van der Waals surface area contributed by atoms with Crippen LogP contribution in [0.15, 0.2) is 36.5 Å². The van der Waals surface area contributed by atoms with Crippen LogP contribution < -0.4 is 5.32 Å². The summed E-state index contributed by atoms with van der Waals surface area (Å²) in [6.45, 7) is 3.75. The fourth-order valence-electron chi connectivity index (χ4n) is 9.66. The number of rotatable bonds is 52. The minimum atomic E-state index is -1.57. The van der Waals surface area contributed by atoms with Crippen LogP contribution in [-0.2, 0) is 14.3 Å². The molecule has 0 bridgehead atoms. The van der Waals surface area contributed by atoms with Gasteiger partial charge in [0, 0.05) is 6.42 Å². The Morgan fingerprint density at radius 2 is 0.814 bits per heavy atom. The van der Waals surface area contributed by atoms with Gasteiger partial charge in [0.05, 0.1) is 25.4 Å². The van der Waals surface area contributed by atoms with Gasteiger partial charge in [0.1, 0.15) is 24.4 Å². The van der Waals surface area contributed by atoms with Crippen LogP contribution in [0.1, 0.15) is 290 Å². The van der Waals surface area contributed by atoms with Gasteiger partial charge in [-0.1, -0.05) is 275 Å². The van der Waals surface area contributed by atoms with Gasteiger partial charge in [0.15, 0.2) is 6.29 Å². The number of aliphatic hydroxyl groups excluding tert-OH is 5. The van der Waals surface area contributed by atoms with Crippen LogP contribution >= 0.6 is 0 Å². The van der Waals surface area contributed by atoms with Gasteiger partial charge >= 0.3 is 0 Å². The zero-order valence-corrected chi connectivity index (χ0v) is 45.8. The summed E-state index contributed by atoms with van der Waals surface area (Å²) in [6.07, 6.45) is 59.7. The van der Waals surface area contributed by atoms with Gasteiger partial charge < -0.3 is 40.3 Å². The van der Waals surface area contributed by atoms with E-state index in [9.17, 15) is 30.3 Å². The molecule has 1 fully saturated rings. The summed E-state index contributed by atoms with van der Waals surface area (Å²) in [5.41, 5.74) is 0. The van der Waals surface area contributed by atoms with Crippen molar-refractivity contribution in [2.75, 3.05) is 13.2 Å². The number of allylic oxidation sites excluding steroid dienone is 5. The zero-order valence-electron chi connectivity index (χ0n) is 45.8. The summed E-state index contributed by atoms with van der Waals surface area (Å²) < 4.78 is 11.2. The Kier molecular flexibility index (Phi) is 48.3. The zero-order chi connectivity index (χ0) is 50.8. The van der Waals surface area contributed by atoms with E-state index in [1.165, 1.54) is 218 Å². The minimum Gasteiger partial charge on any atom is -0.394 e. The van der Waals surface area contributed by atoms with Crippen molar-refractivity contribution in [3.8, 4) is 0 Å². The fourth-order valence-corrected chi connectivity index (χ4v) is 9.66. The number of hydrogen-bond donors (Lipinski definition) is 6. The number of carbonyl (C=O) groups is 1. The largest absolute Gasteiger partial charge is 0.394 e. The molecule has 1 aliphatic heterocycles. The number of carbonyl (C=O) groups excluding carboxylic acids is 1. The van der Waals surface area contributed by atoms with Gasteiger partial charge in [0.2, 0.25) is 5.91 Å². The molecule has 0 aromatic heterocycles. The first-order valence-electron chi connectivity index (χ1n) is 30.2. The lowest BCUT2D eigenvalue weighted by molar-refractivity contribution is -0.302. The second-order valence-electron chi connectivity index (χ2n) is 21.1. The van der Waals surface area contributed by atoms with Crippen LogP contribution in [0.2, 0.25) is 0 Å². The number of hydrogen-bond acceptors (Lipinski definition) is 8. The monoisotopic (exact) mass is 990 g/mol. The molecule has 1 rings (SSSR count). The molecule has 9 heteroatoms. The Labute approximate surface area is 431 Å². The molecule has 1 saturated heterocycles. The van der Waals surface area contributed by atoms with Gasteiger partial charge in [-0.25, -0.2) is 0 Å². The normalized spacial score (nSPS) is 19.6. The molecule has 1 amide bonds. The quantitative estimate of drug-likeness (QED) is 0.0261. The topological polar surface area (TPSA) is 149 Å². The SMILES string of the molecule is CCCCC/C=C/CC/C=C/CC/C=C/C(O)C(COC1OC(CO)C(O)C(O)C1O)NC(=O)CCCCCCCCCCCCCCCCCCCCCCCCCCCCCCCCCCCC. The molecule has 6 N–H and O–H groups in total. The van der Waals surface area contributed by atoms with Crippen molar-refractivity contribution in [1.29, 1.82) is 0 Å². The van der Waals surface area contributed by atoms with Crippen molar-refractivity contribution < 1.29 is 39.8 Å². The molecule has 0 aromatic carbocycles. The molecule has 9 nitrogen and oxygen atoms in total. The number of aliphatic hydroxyl groups is 5. The van der Waals surface area contributed by atoms with E-state index >= 15 is 0 Å². The van der Waals surface area contributed by atoms with E-state index in [1.807, 2.05) is 6.08 Å². The summed E-state index contributed by atoms with van der Waals surface area (Å²) in [5, 5.41) is 54.3. The Balaban J connectivity index is 2.08. The van der Waals surface area contributed by atoms with Crippen LogP contribution in [0.4, 0.5) is 0 Å². The van der Waals surface area contributed by atoms with E-state index in [0.29, 0.717) is 6.42 Å². The lowest BCUT2D eigenvalue weighted by Crippen LogP contribution is -2.60. The van der Waals surface area contributed by atoms with Gasteiger partial charge in [-0.15, -0.1) is 0 Å². The third kappa shape index (κ3) is 39.9. The van der Waals surface area contributed by atoms with Crippen molar-refractivity contribution in [2.45, 2.75) is 333 Å². The maximum Gasteiger partial charge on any atom is 0.220 e. The molecule has 7 atom stereocenters. The van der Waals surface area contributed by atoms with Crippen LogP contribution in [-0.4, -0.2) is 87.5 Å². The standard InChI is InChI=1S/C61H115NO8/c1-3-5-7-9-11-13-15-17-18-19-20-21-22-23-24-25-26-27-28-29-30-31-32-33-34-35-36-37-39-41-43-45-47-49-51-57(65)62-54(53-69-61-60(68)59(67)58(66)56(52-63)70-61)55(64)50-48-46-44-42-40-38-16-14-12-10-8-6-4-2/h12,14,40,42,48,50,54-56,58-61,63-64,66-68H,3-11,13,15-39,41,43-47,49,51-53H2,1-2H3,(H,62,65)/b14-12+,42-40+,50-48+. The van der Waals surface area contributed by atoms with Crippen LogP contribution in [0, 0.1) is 0 Å². The molecule has 0 aliphatic carbocycles. The molecule has 412 valence electrons. The predicted molar refractivity (Wildman–Crippen MR) is 295 cm³/mol. The molecule has 1 aliphatic rings. The summed E-state index contributed by atoms with van der Waals surface area (Å²) in [4.78, 5) is 13.0. The number of unbranched alkanes of at least 4 members (excludes halogenated alkanes) is 38. The Bertz CT molecular complexity index is 1190. The lowest BCUT2D eigenvalue weighted by atomic mass is 9.99. The molecule has 7 unspecified atom stereocenters. The van der Waals surface area contributed by atoms with Crippen molar-refractivity contribution in [3.63, 3.8) is 0 Å². The highest BCUT2D eigenvalue weighted by Gasteiger charge is 2.44. The fraction of sp³-hybridized carbons (Fsp3) is 0.885. The van der Waals surface area contributed by atoms with Crippen LogP contribution in [0.25, 0.3) is 0 Å². The maximum absolute atomic E-state index is 13.0. The van der Waals surface area contributed by atoms with E-state index in [-0.39, 0.29) is 12.5 Å². The Morgan fingerprint density at radius 3 is 1.20 bits per heavy atom. The second kappa shape index (κ2) is 50.9. The van der Waals surface area contributed by atoms with Gasteiger partial charge in [-0.3, -0.25) is 4.79 Å². The highest BCUT2D eigenvalue weighted by Crippen LogP contribution is 2.23.